The van der Waals surface area contributed by atoms with Gasteiger partial charge in [-0.25, -0.2) is 0 Å². The van der Waals surface area contributed by atoms with E-state index >= 15 is 0 Å². The number of aliphatic imine (C=N–C) groups is 1. The second kappa shape index (κ2) is 11.3. The summed E-state index contributed by atoms with van der Waals surface area (Å²) in [4.78, 5) is 8.88. The first-order valence-electron chi connectivity index (χ1n) is 8.18. The molecular formula is C20H29N3. The van der Waals surface area contributed by atoms with Crippen LogP contribution >= 0.6 is 0 Å². The van der Waals surface area contributed by atoms with E-state index in [9.17, 15) is 0 Å². The molecule has 1 heterocycles. The Hall–Kier alpha value is -2.26. The second-order valence-corrected chi connectivity index (χ2v) is 4.78. The van der Waals surface area contributed by atoms with E-state index < -0.39 is 0 Å². The highest BCUT2D eigenvalue weighted by molar-refractivity contribution is 6.08. The lowest BCUT2D eigenvalue weighted by Crippen LogP contribution is -2.23. The summed E-state index contributed by atoms with van der Waals surface area (Å²) in [5.74, 6) is 0. The van der Waals surface area contributed by atoms with E-state index in [1.807, 2.05) is 76.4 Å². The predicted octanol–water partition coefficient (Wildman–Crippen LogP) is 4.96. The minimum Gasteiger partial charge on any atom is -0.292 e. The van der Waals surface area contributed by atoms with Crippen LogP contribution < -0.4 is 5.32 Å². The van der Waals surface area contributed by atoms with Gasteiger partial charge in [0.25, 0.3) is 0 Å². The van der Waals surface area contributed by atoms with Gasteiger partial charge >= 0.3 is 0 Å². The Morgan fingerprint density at radius 3 is 2.48 bits per heavy atom. The van der Waals surface area contributed by atoms with E-state index in [0.717, 1.165) is 17.8 Å². The molecular weight excluding hydrogens is 282 g/mol. The summed E-state index contributed by atoms with van der Waals surface area (Å²) in [6, 6.07) is 16.2. The summed E-state index contributed by atoms with van der Waals surface area (Å²) < 4.78 is 0. The van der Waals surface area contributed by atoms with E-state index in [2.05, 4.69) is 27.4 Å². The standard InChI is InChI=1S/C18H21N3.C2H6.H2/c1-3-17(18-11-7-8-12-19-18)14-21-15(2)20-13-16-9-5-4-6-10-16;1-2;/h3-12,14-15,20H,13H2,1-2H3;1-2H3;1H/b17-3+,21-14-;;. The average molecular weight is 311 g/mol. The molecule has 0 saturated heterocycles. The summed E-state index contributed by atoms with van der Waals surface area (Å²) in [5, 5.41) is 3.38. The quantitative estimate of drug-likeness (QED) is 0.765. The molecule has 124 valence electrons. The van der Waals surface area contributed by atoms with Crippen molar-refractivity contribution in [2.75, 3.05) is 0 Å². The van der Waals surface area contributed by atoms with Crippen molar-refractivity contribution in [1.82, 2.24) is 10.3 Å². The summed E-state index contributed by atoms with van der Waals surface area (Å²) in [7, 11) is 0. The van der Waals surface area contributed by atoms with Crippen LogP contribution in [0.25, 0.3) is 5.57 Å². The molecule has 3 heteroatoms. The van der Waals surface area contributed by atoms with Crippen molar-refractivity contribution in [3.8, 4) is 0 Å². The Morgan fingerprint density at radius 2 is 1.87 bits per heavy atom. The number of rotatable bonds is 6. The molecule has 0 aliphatic heterocycles. The summed E-state index contributed by atoms with van der Waals surface area (Å²) in [5.41, 5.74) is 3.23. The monoisotopic (exact) mass is 311 g/mol. The number of hydrogen-bond donors (Lipinski definition) is 1. The van der Waals surface area contributed by atoms with Crippen LogP contribution in [0.3, 0.4) is 0 Å². The SMILES string of the molecule is C/C=C(\C=N/C(C)NCc1ccccc1)c1ccccn1.CC.[HH]. The largest absolute Gasteiger partial charge is 0.292 e. The van der Waals surface area contributed by atoms with Gasteiger partial charge < -0.3 is 0 Å². The van der Waals surface area contributed by atoms with Crippen LogP contribution in [-0.4, -0.2) is 17.4 Å². The Morgan fingerprint density at radius 1 is 1.17 bits per heavy atom. The van der Waals surface area contributed by atoms with E-state index in [1.54, 1.807) is 6.20 Å². The highest BCUT2D eigenvalue weighted by Crippen LogP contribution is 2.08. The smallest absolute Gasteiger partial charge is 0.0968 e. The third-order valence-electron chi connectivity index (χ3n) is 3.15. The zero-order valence-electron chi connectivity index (χ0n) is 14.5. The zero-order chi connectivity index (χ0) is 16.9. The summed E-state index contributed by atoms with van der Waals surface area (Å²) >= 11 is 0. The van der Waals surface area contributed by atoms with Gasteiger partial charge in [-0.3, -0.25) is 15.3 Å². The zero-order valence-corrected chi connectivity index (χ0v) is 14.5. The van der Waals surface area contributed by atoms with Gasteiger partial charge in [0.2, 0.25) is 0 Å². The van der Waals surface area contributed by atoms with Crippen LogP contribution in [0.5, 0.6) is 0 Å². The Labute approximate surface area is 141 Å². The Bertz CT molecular complexity index is 595. The molecule has 1 aromatic carbocycles. The maximum Gasteiger partial charge on any atom is 0.0968 e. The van der Waals surface area contributed by atoms with Gasteiger partial charge in [0, 0.05) is 26.0 Å². The minimum atomic E-state index is 0. The van der Waals surface area contributed by atoms with E-state index in [1.165, 1.54) is 5.56 Å². The number of aromatic nitrogens is 1. The van der Waals surface area contributed by atoms with Gasteiger partial charge in [-0.15, -0.1) is 0 Å². The van der Waals surface area contributed by atoms with Crippen molar-refractivity contribution >= 4 is 11.8 Å². The Balaban J connectivity index is 0.00000170. The van der Waals surface area contributed by atoms with Crippen molar-refractivity contribution in [2.24, 2.45) is 4.99 Å². The lowest BCUT2D eigenvalue weighted by molar-refractivity contribution is 0.571. The van der Waals surface area contributed by atoms with E-state index in [-0.39, 0.29) is 7.59 Å². The highest BCUT2D eigenvalue weighted by Gasteiger charge is 2.00. The fourth-order valence-corrected chi connectivity index (χ4v) is 1.93. The maximum atomic E-state index is 4.54. The molecule has 0 spiro atoms. The maximum absolute atomic E-state index is 4.54. The molecule has 0 bridgehead atoms. The number of pyridine rings is 1. The van der Waals surface area contributed by atoms with Gasteiger partial charge in [0.1, 0.15) is 0 Å². The first-order valence-corrected chi connectivity index (χ1v) is 8.18. The third kappa shape index (κ3) is 7.02. The second-order valence-electron chi connectivity index (χ2n) is 4.78. The molecule has 0 fully saturated rings. The van der Waals surface area contributed by atoms with Gasteiger partial charge in [-0.2, -0.15) is 0 Å². The predicted molar refractivity (Wildman–Crippen MR) is 103 cm³/mol. The summed E-state index contributed by atoms with van der Waals surface area (Å²) in [6.45, 7) is 8.86. The highest BCUT2D eigenvalue weighted by atomic mass is 15.0. The number of allylic oxidation sites excluding steroid dienone is 2. The lowest BCUT2D eigenvalue weighted by Gasteiger charge is -2.09. The van der Waals surface area contributed by atoms with Gasteiger partial charge in [0.15, 0.2) is 0 Å². The fraction of sp³-hybridized carbons (Fsp3) is 0.300. The molecule has 0 radical (unpaired) electrons. The topological polar surface area (TPSA) is 37.3 Å². The molecule has 0 aliphatic carbocycles. The van der Waals surface area contributed by atoms with Gasteiger partial charge in [0.05, 0.1) is 11.9 Å². The van der Waals surface area contributed by atoms with Crippen molar-refractivity contribution in [3.63, 3.8) is 0 Å². The number of nitrogens with one attached hydrogen (secondary N) is 1. The van der Waals surface area contributed by atoms with Crippen LogP contribution in [-0.2, 0) is 6.54 Å². The minimum absolute atomic E-state index is 0. The fourth-order valence-electron chi connectivity index (χ4n) is 1.93. The van der Waals surface area contributed by atoms with E-state index in [4.69, 9.17) is 0 Å². The first-order chi connectivity index (χ1) is 11.3. The van der Waals surface area contributed by atoms with Gasteiger partial charge in [-0.1, -0.05) is 56.3 Å². The molecule has 23 heavy (non-hydrogen) atoms. The number of hydrogen-bond acceptors (Lipinski definition) is 3. The van der Waals surface area contributed by atoms with Crippen LogP contribution in [0.1, 0.15) is 40.4 Å². The average Bonchev–Trinajstić information content (AvgIpc) is 2.64. The molecule has 0 aliphatic rings. The van der Waals surface area contributed by atoms with Crippen molar-refractivity contribution in [2.45, 2.75) is 40.4 Å². The van der Waals surface area contributed by atoms with Crippen molar-refractivity contribution in [1.29, 1.82) is 0 Å². The lowest BCUT2D eigenvalue weighted by atomic mass is 10.2. The molecule has 0 saturated carbocycles. The molecule has 2 aromatic rings. The molecule has 3 nitrogen and oxygen atoms in total. The Kier molecular flexibility index (Phi) is 9.25. The molecule has 1 N–H and O–H groups in total. The van der Waals surface area contributed by atoms with Crippen molar-refractivity contribution < 1.29 is 1.43 Å². The van der Waals surface area contributed by atoms with Crippen LogP contribution in [0, 0.1) is 0 Å². The van der Waals surface area contributed by atoms with Crippen LogP contribution in [0.15, 0.2) is 65.8 Å². The number of nitrogens with zero attached hydrogens (tertiary/aromatic N) is 2. The summed E-state index contributed by atoms with van der Waals surface area (Å²) in [6.07, 6.45) is 5.76. The van der Waals surface area contributed by atoms with E-state index in [0.29, 0.717) is 0 Å². The molecule has 1 atom stereocenters. The molecule has 0 amide bonds. The molecule has 2 rings (SSSR count). The third-order valence-corrected chi connectivity index (χ3v) is 3.15. The molecule has 1 aromatic heterocycles. The van der Waals surface area contributed by atoms with Crippen LogP contribution in [0.2, 0.25) is 0 Å². The van der Waals surface area contributed by atoms with Crippen molar-refractivity contribution in [3.05, 3.63) is 72.1 Å². The van der Waals surface area contributed by atoms with Crippen LogP contribution in [0.4, 0.5) is 0 Å². The van der Waals surface area contributed by atoms with Gasteiger partial charge in [-0.05, 0) is 31.5 Å². The normalized spacial score (nSPS) is 12.6. The molecule has 1 unspecified atom stereocenters. The first kappa shape index (κ1) is 18.8. The number of benzene rings is 1.